The molecule has 0 radical (unpaired) electrons. The fourth-order valence-corrected chi connectivity index (χ4v) is 2.59. The summed E-state index contributed by atoms with van der Waals surface area (Å²) >= 11 is 5.81. The number of hydrogen-bond acceptors (Lipinski definition) is 3. The van der Waals surface area contributed by atoms with Crippen LogP contribution in [-0.2, 0) is 9.59 Å². The zero-order chi connectivity index (χ0) is 13.8. The van der Waals surface area contributed by atoms with Gasteiger partial charge >= 0.3 is 5.97 Å². The summed E-state index contributed by atoms with van der Waals surface area (Å²) < 4.78 is 0. The monoisotopic (exact) mass is 282 g/mol. The van der Waals surface area contributed by atoms with E-state index >= 15 is 0 Å². The molecule has 1 aromatic rings. The van der Waals surface area contributed by atoms with E-state index in [9.17, 15) is 9.59 Å². The average molecular weight is 283 g/mol. The van der Waals surface area contributed by atoms with Gasteiger partial charge in [0.15, 0.2) is 0 Å². The molecular formula is C13H15ClN2O3. The van der Waals surface area contributed by atoms with Gasteiger partial charge in [-0.3, -0.25) is 9.59 Å². The van der Waals surface area contributed by atoms with Crippen LogP contribution in [0.1, 0.15) is 25.7 Å². The Kier molecular flexibility index (Phi) is 4.37. The molecule has 2 rings (SSSR count). The number of nitrogens with one attached hydrogen (secondary N) is 1. The first-order valence-corrected chi connectivity index (χ1v) is 6.61. The number of carboxylic acids is 1. The van der Waals surface area contributed by atoms with Crippen LogP contribution in [0.2, 0.25) is 5.02 Å². The van der Waals surface area contributed by atoms with Crippen molar-refractivity contribution < 1.29 is 14.7 Å². The number of hydrogen-bond donors (Lipinski definition) is 2. The molecule has 1 aliphatic carbocycles. The molecule has 2 unspecified atom stereocenters. The van der Waals surface area contributed by atoms with Crippen LogP contribution in [0.5, 0.6) is 0 Å². The number of carbonyl (C=O) groups excluding carboxylic acids is 1. The van der Waals surface area contributed by atoms with Crippen LogP contribution in [0.15, 0.2) is 18.3 Å². The van der Waals surface area contributed by atoms with Crippen molar-refractivity contribution in [2.45, 2.75) is 25.7 Å². The Bertz CT molecular complexity index is 493. The van der Waals surface area contributed by atoms with Gasteiger partial charge < -0.3 is 10.4 Å². The van der Waals surface area contributed by atoms with Gasteiger partial charge in [-0.1, -0.05) is 24.4 Å². The lowest BCUT2D eigenvalue weighted by Crippen LogP contribution is -2.36. The van der Waals surface area contributed by atoms with Gasteiger partial charge in [-0.25, -0.2) is 4.98 Å². The highest BCUT2D eigenvalue weighted by Crippen LogP contribution is 2.31. The number of amides is 1. The molecule has 1 saturated carbocycles. The minimum Gasteiger partial charge on any atom is -0.481 e. The number of pyridine rings is 1. The average Bonchev–Trinajstić information content (AvgIpc) is 2.38. The van der Waals surface area contributed by atoms with Crippen molar-refractivity contribution in [1.29, 1.82) is 0 Å². The second-order valence-electron chi connectivity index (χ2n) is 4.68. The van der Waals surface area contributed by atoms with E-state index in [1.165, 1.54) is 12.3 Å². The van der Waals surface area contributed by atoms with Gasteiger partial charge in [-0.15, -0.1) is 0 Å². The summed E-state index contributed by atoms with van der Waals surface area (Å²) in [7, 11) is 0. The standard InChI is InChI=1S/C13H15ClN2O3/c14-8-5-6-15-11(7-8)16-12(17)9-3-1-2-4-10(9)13(18)19/h5-7,9-10H,1-4H2,(H,18,19)(H,15,16,17). The highest BCUT2D eigenvalue weighted by Gasteiger charge is 2.35. The number of aromatic nitrogens is 1. The summed E-state index contributed by atoms with van der Waals surface area (Å²) in [4.78, 5) is 27.3. The molecule has 1 heterocycles. The van der Waals surface area contributed by atoms with E-state index in [4.69, 9.17) is 16.7 Å². The molecular weight excluding hydrogens is 268 g/mol. The number of carbonyl (C=O) groups is 2. The molecule has 5 nitrogen and oxygen atoms in total. The van der Waals surface area contributed by atoms with Gasteiger partial charge in [0, 0.05) is 11.2 Å². The van der Waals surface area contributed by atoms with E-state index in [1.807, 2.05) is 0 Å². The lowest BCUT2D eigenvalue weighted by molar-refractivity contribution is -0.147. The van der Waals surface area contributed by atoms with Crippen LogP contribution < -0.4 is 5.32 Å². The van der Waals surface area contributed by atoms with Crippen molar-refractivity contribution in [2.75, 3.05) is 5.32 Å². The van der Waals surface area contributed by atoms with Crippen LogP contribution in [0.4, 0.5) is 5.82 Å². The first-order chi connectivity index (χ1) is 9.08. The predicted molar refractivity (Wildman–Crippen MR) is 71.0 cm³/mol. The Morgan fingerprint density at radius 2 is 2.00 bits per heavy atom. The van der Waals surface area contributed by atoms with E-state index in [2.05, 4.69) is 10.3 Å². The van der Waals surface area contributed by atoms with Gasteiger partial charge in [-0.2, -0.15) is 0 Å². The third-order valence-corrected chi connectivity index (χ3v) is 3.63. The number of nitrogens with zero attached hydrogens (tertiary/aromatic N) is 1. The molecule has 102 valence electrons. The Morgan fingerprint density at radius 3 is 2.63 bits per heavy atom. The van der Waals surface area contributed by atoms with Crippen LogP contribution in [-0.4, -0.2) is 22.0 Å². The topological polar surface area (TPSA) is 79.3 Å². The summed E-state index contributed by atoms with van der Waals surface area (Å²) in [6.07, 6.45) is 4.38. The summed E-state index contributed by atoms with van der Waals surface area (Å²) in [6, 6.07) is 3.15. The van der Waals surface area contributed by atoms with Crippen LogP contribution in [0.3, 0.4) is 0 Å². The van der Waals surface area contributed by atoms with Crippen molar-refractivity contribution >= 4 is 29.3 Å². The Morgan fingerprint density at radius 1 is 1.32 bits per heavy atom. The molecule has 1 aromatic heterocycles. The smallest absolute Gasteiger partial charge is 0.307 e. The SMILES string of the molecule is O=C(O)C1CCCCC1C(=O)Nc1cc(Cl)ccn1. The van der Waals surface area contributed by atoms with Crippen molar-refractivity contribution in [3.05, 3.63) is 23.4 Å². The number of rotatable bonds is 3. The second kappa shape index (κ2) is 6.02. The summed E-state index contributed by atoms with van der Waals surface area (Å²) in [5.74, 6) is -1.94. The highest BCUT2D eigenvalue weighted by atomic mass is 35.5. The van der Waals surface area contributed by atoms with Crippen molar-refractivity contribution in [3.8, 4) is 0 Å². The molecule has 19 heavy (non-hydrogen) atoms. The van der Waals surface area contributed by atoms with Gasteiger partial charge in [-0.05, 0) is 25.0 Å². The van der Waals surface area contributed by atoms with Gasteiger partial charge in [0.2, 0.25) is 5.91 Å². The second-order valence-corrected chi connectivity index (χ2v) is 5.12. The maximum absolute atomic E-state index is 12.1. The molecule has 1 aliphatic rings. The zero-order valence-corrected chi connectivity index (χ0v) is 11.1. The molecule has 0 aromatic carbocycles. The number of halogens is 1. The first-order valence-electron chi connectivity index (χ1n) is 6.23. The van der Waals surface area contributed by atoms with E-state index in [-0.39, 0.29) is 5.91 Å². The fourth-order valence-electron chi connectivity index (χ4n) is 2.43. The molecule has 0 aliphatic heterocycles. The third-order valence-electron chi connectivity index (χ3n) is 3.39. The number of anilines is 1. The lowest BCUT2D eigenvalue weighted by atomic mass is 9.79. The van der Waals surface area contributed by atoms with E-state index in [0.717, 1.165) is 12.8 Å². The van der Waals surface area contributed by atoms with E-state index < -0.39 is 17.8 Å². The Hall–Kier alpha value is -1.62. The van der Waals surface area contributed by atoms with Crippen LogP contribution >= 0.6 is 11.6 Å². The largest absolute Gasteiger partial charge is 0.481 e. The third kappa shape index (κ3) is 3.44. The molecule has 6 heteroatoms. The number of carboxylic acid groups (broad SMARTS) is 1. The van der Waals surface area contributed by atoms with Gasteiger partial charge in [0.05, 0.1) is 11.8 Å². The van der Waals surface area contributed by atoms with E-state index in [0.29, 0.717) is 23.7 Å². The molecule has 0 spiro atoms. The summed E-state index contributed by atoms with van der Waals surface area (Å²) in [5.41, 5.74) is 0. The van der Waals surface area contributed by atoms with Crippen LogP contribution in [0, 0.1) is 11.8 Å². The molecule has 2 atom stereocenters. The Balaban J connectivity index is 2.07. The van der Waals surface area contributed by atoms with Crippen LogP contribution in [0.25, 0.3) is 0 Å². The molecule has 0 bridgehead atoms. The normalized spacial score (nSPS) is 22.8. The maximum atomic E-state index is 12.1. The fraction of sp³-hybridized carbons (Fsp3) is 0.462. The highest BCUT2D eigenvalue weighted by molar-refractivity contribution is 6.30. The summed E-state index contributed by atoms with van der Waals surface area (Å²) in [6.45, 7) is 0. The predicted octanol–water partition coefficient (Wildman–Crippen LogP) is 2.56. The quantitative estimate of drug-likeness (QED) is 0.893. The lowest BCUT2D eigenvalue weighted by Gasteiger charge is -2.27. The van der Waals surface area contributed by atoms with Gasteiger partial charge in [0.1, 0.15) is 5.82 Å². The molecule has 1 fully saturated rings. The number of aliphatic carboxylic acids is 1. The molecule has 0 saturated heterocycles. The minimum atomic E-state index is -0.904. The Labute approximate surface area is 116 Å². The van der Waals surface area contributed by atoms with Crippen molar-refractivity contribution in [1.82, 2.24) is 4.98 Å². The maximum Gasteiger partial charge on any atom is 0.307 e. The summed E-state index contributed by atoms with van der Waals surface area (Å²) in [5, 5.41) is 12.3. The molecule has 2 N–H and O–H groups in total. The zero-order valence-electron chi connectivity index (χ0n) is 10.3. The van der Waals surface area contributed by atoms with Gasteiger partial charge in [0.25, 0.3) is 0 Å². The minimum absolute atomic E-state index is 0.290. The first kappa shape index (κ1) is 13.8. The van der Waals surface area contributed by atoms with Crippen molar-refractivity contribution in [2.24, 2.45) is 11.8 Å². The molecule has 1 amide bonds. The van der Waals surface area contributed by atoms with Crippen molar-refractivity contribution in [3.63, 3.8) is 0 Å². The van der Waals surface area contributed by atoms with E-state index in [1.54, 1.807) is 6.07 Å².